The molecule has 1 atom stereocenters. The Morgan fingerprint density at radius 2 is 2.03 bits per heavy atom. The number of aromatic nitrogens is 4. The summed E-state index contributed by atoms with van der Waals surface area (Å²) < 4.78 is 5.49. The second kappa shape index (κ2) is 10.4. The lowest BCUT2D eigenvalue weighted by Gasteiger charge is -2.28. The maximum absolute atomic E-state index is 13.8. The van der Waals surface area contributed by atoms with Gasteiger partial charge >= 0.3 is 0 Å². The molecule has 3 N–H and O–H groups in total. The van der Waals surface area contributed by atoms with Crippen LogP contribution in [0.5, 0.6) is 0 Å². The van der Waals surface area contributed by atoms with E-state index in [9.17, 15) is 9.59 Å². The quantitative estimate of drug-likeness (QED) is 0.362. The molecule has 2 aliphatic heterocycles. The zero-order valence-electron chi connectivity index (χ0n) is 21.4. The lowest BCUT2D eigenvalue weighted by molar-refractivity contribution is 0.0341. The maximum Gasteiger partial charge on any atom is 0.259 e. The van der Waals surface area contributed by atoms with Gasteiger partial charge in [0.05, 0.1) is 24.8 Å². The van der Waals surface area contributed by atoms with Crippen molar-refractivity contribution in [2.45, 2.75) is 32.4 Å². The number of anilines is 2. The molecular weight excluding hydrogens is 482 g/mol. The fraction of sp³-hybridized carbons (Fsp3) is 0.357. The summed E-state index contributed by atoms with van der Waals surface area (Å²) in [5, 5.41) is 3.97. The van der Waals surface area contributed by atoms with Crippen LogP contribution in [-0.4, -0.2) is 63.6 Å². The highest BCUT2D eigenvalue weighted by Crippen LogP contribution is 2.36. The summed E-state index contributed by atoms with van der Waals surface area (Å²) >= 11 is 0. The molecule has 5 heterocycles. The monoisotopic (exact) mass is 513 g/mol. The van der Waals surface area contributed by atoms with E-state index < -0.39 is 0 Å². The van der Waals surface area contributed by atoms with Crippen LogP contribution in [0.1, 0.15) is 46.2 Å². The molecule has 0 spiro atoms. The summed E-state index contributed by atoms with van der Waals surface area (Å²) in [6.07, 6.45) is 7.40. The van der Waals surface area contributed by atoms with Gasteiger partial charge in [0.2, 0.25) is 5.56 Å². The number of imidazole rings is 1. The van der Waals surface area contributed by atoms with Crippen LogP contribution in [0.2, 0.25) is 0 Å². The second-order valence-electron chi connectivity index (χ2n) is 9.96. The first-order chi connectivity index (χ1) is 18.5. The summed E-state index contributed by atoms with van der Waals surface area (Å²) in [6, 6.07) is 9.09. The number of morpholine rings is 1. The predicted molar refractivity (Wildman–Crippen MR) is 146 cm³/mol. The molecule has 10 heteroatoms. The van der Waals surface area contributed by atoms with E-state index in [1.807, 2.05) is 43.6 Å². The Hall–Kier alpha value is -4.02. The highest BCUT2D eigenvalue weighted by Gasteiger charge is 2.32. The van der Waals surface area contributed by atoms with Crippen molar-refractivity contribution in [1.82, 2.24) is 24.8 Å². The van der Waals surface area contributed by atoms with E-state index in [0.29, 0.717) is 36.8 Å². The van der Waals surface area contributed by atoms with Crippen molar-refractivity contribution in [3.05, 3.63) is 81.8 Å². The number of fused-ring (bicyclic) bond motifs is 1. The Bertz CT molecular complexity index is 1510. The lowest BCUT2D eigenvalue weighted by atomic mass is 10.1. The van der Waals surface area contributed by atoms with Gasteiger partial charge in [-0.05, 0) is 55.2 Å². The number of hydrogen-bond acceptors (Lipinski definition) is 7. The minimum Gasteiger partial charge on any atom is -0.379 e. The molecular formula is C28H31N7O3. The van der Waals surface area contributed by atoms with Crippen LogP contribution in [-0.2, 0) is 11.3 Å². The van der Waals surface area contributed by atoms with Gasteiger partial charge in [-0.25, -0.2) is 9.97 Å². The summed E-state index contributed by atoms with van der Waals surface area (Å²) in [4.78, 5) is 45.6. The van der Waals surface area contributed by atoms with E-state index in [-0.39, 0.29) is 17.5 Å². The molecule has 0 radical (unpaired) electrons. The van der Waals surface area contributed by atoms with Crippen molar-refractivity contribution in [2.24, 2.45) is 0 Å². The van der Waals surface area contributed by atoms with Crippen LogP contribution in [0.4, 0.5) is 11.5 Å². The Morgan fingerprint density at radius 3 is 2.84 bits per heavy atom. The molecule has 10 nitrogen and oxygen atoms in total. The largest absolute Gasteiger partial charge is 0.379 e. The van der Waals surface area contributed by atoms with Crippen LogP contribution in [0.25, 0.3) is 10.9 Å². The molecule has 2 fully saturated rings. The Labute approximate surface area is 220 Å². The molecule has 4 aromatic rings. The molecule has 196 valence electrons. The fourth-order valence-corrected chi connectivity index (χ4v) is 5.46. The molecule has 2 aliphatic rings. The van der Waals surface area contributed by atoms with Gasteiger partial charge in [0.1, 0.15) is 11.6 Å². The predicted octanol–water partition coefficient (Wildman–Crippen LogP) is 3.38. The normalized spacial score (nSPS) is 18.2. The maximum atomic E-state index is 13.8. The number of hydrogen-bond donors (Lipinski definition) is 3. The molecule has 1 aromatic carbocycles. The van der Waals surface area contributed by atoms with Crippen molar-refractivity contribution in [1.29, 1.82) is 0 Å². The first-order valence-electron chi connectivity index (χ1n) is 13.0. The molecule has 2 saturated heterocycles. The summed E-state index contributed by atoms with van der Waals surface area (Å²) in [7, 11) is 0. The Morgan fingerprint density at radius 1 is 1.16 bits per heavy atom. The van der Waals surface area contributed by atoms with Crippen molar-refractivity contribution >= 4 is 28.3 Å². The summed E-state index contributed by atoms with van der Waals surface area (Å²) in [5.41, 5.74) is 3.63. The first kappa shape index (κ1) is 24.3. The van der Waals surface area contributed by atoms with Crippen molar-refractivity contribution in [2.75, 3.05) is 43.1 Å². The number of nitrogens with one attached hydrogen (secondary N) is 3. The van der Waals surface area contributed by atoms with Gasteiger partial charge < -0.3 is 24.9 Å². The molecule has 0 saturated carbocycles. The topological polar surface area (TPSA) is 119 Å². The average molecular weight is 514 g/mol. The zero-order chi connectivity index (χ0) is 26.1. The third-order valence-electron chi connectivity index (χ3n) is 7.35. The van der Waals surface area contributed by atoms with E-state index in [1.165, 1.54) is 0 Å². The molecule has 6 rings (SSSR count). The molecule has 1 amide bonds. The fourth-order valence-electron chi connectivity index (χ4n) is 5.46. The zero-order valence-corrected chi connectivity index (χ0v) is 21.4. The van der Waals surface area contributed by atoms with Crippen LogP contribution in [0, 0.1) is 6.92 Å². The van der Waals surface area contributed by atoms with E-state index >= 15 is 0 Å². The first-order valence-corrected chi connectivity index (χ1v) is 13.0. The van der Waals surface area contributed by atoms with Gasteiger partial charge in [0, 0.05) is 67.4 Å². The van der Waals surface area contributed by atoms with E-state index in [0.717, 1.165) is 60.3 Å². The number of aromatic amines is 2. The number of carbonyl (C=O) groups excluding carboxylic acids is 1. The number of aryl methyl sites for hydroxylation is 1. The smallest absolute Gasteiger partial charge is 0.259 e. The average Bonchev–Trinajstić information content (AvgIpc) is 3.62. The van der Waals surface area contributed by atoms with Gasteiger partial charge in [-0.2, -0.15) is 0 Å². The summed E-state index contributed by atoms with van der Waals surface area (Å²) in [5.74, 6) is 1.32. The van der Waals surface area contributed by atoms with Crippen molar-refractivity contribution in [3.63, 3.8) is 0 Å². The van der Waals surface area contributed by atoms with Gasteiger partial charge in [0.25, 0.3) is 5.91 Å². The van der Waals surface area contributed by atoms with E-state index in [2.05, 4.69) is 30.1 Å². The highest BCUT2D eigenvalue weighted by molar-refractivity contribution is 6.08. The number of ether oxygens (including phenoxy) is 1. The minimum absolute atomic E-state index is 0.0364. The Kier molecular flexibility index (Phi) is 6.65. The standard InChI is InChI=1S/C28H31N7O3/c1-18-13-25(36)33-23-5-4-20(15-21(18)23)32-28(37)22-14-19(17-34-9-11-38-12-10-34)16-31-27(22)35-8-2-3-24(35)26-29-6-7-30-26/h4-7,13-16,24H,2-3,8-12,17H2,1H3,(H,29,30)(H,32,37)(H,33,36). The highest BCUT2D eigenvalue weighted by atomic mass is 16.5. The number of benzene rings is 1. The molecule has 0 aliphatic carbocycles. The van der Waals surface area contributed by atoms with Crippen molar-refractivity contribution < 1.29 is 9.53 Å². The third kappa shape index (κ3) is 4.92. The number of H-pyrrole nitrogens is 2. The number of carbonyl (C=O) groups is 1. The van der Waals surface area contributed by atoms with Gasteiger partial charge in [-0.15, -0.1) is 0 Å². The Balaban J connectivity index is 1.34. The third-order valence-corrected chi connectivity index (χ3v) is 7.35. The van der Waals surface area contributed by atoms with Crippen LogP contribution in [0.3, 0.4) is 0 Å². The number of pyridine rings is 2. The van der Waals surface area contributed by atoms with E-state index in [1.54, 1.807) is 12.3 Å². The molecule has 1 unspecified atom stereocenters. The second-order valence-corrected chi connectivity index (χ2v) is 9.96. The minimum atomic E-state index is -0.220. The number of amides is 1. The van der Waals surface area contributed by atoms with Crippen LogP contribution in [0.15, 0.2) is 53.7 Å². The van der Waals surface area contributed by atoms with Crippen LogP contribution < -0.4 is 15.8 Å². The van der Waals surface area contributed by atoms with Gasteiger partial charge in [0.15, 0.2) is 0 Å². The molecule has 3 aromatic heterocycles. The van der Waals surface area contributed by atoms with Crippen LogP contribution >= 0.6 is 0 Å². The van der Waals surface area contributed by atoms with E-state index in [4.69, 9.17) is 9.72 Å². The molecule has 0 bridgehead atoms. The van der Waals surface area contributed by atoms with Crippen molar-refractivity contribution in [3.8, 4) is 0 Å². The van der Waals surface area contributed by atoms with Gasteiger partial charge in [-0.3, -0.25) is 14.5 Å². The number of rotatable bonds is 6. The summed E-state index contributed by atoms with van der Waals surface area (Å²) in [6.45, 7) is 6.53. The van der Waals surface area contributed by atoms with Gasteiger partial charge in [-0.1, -0.05) is 0 Å². The lowest BCUT2D eigenvalue weighted by Crippen LogP contribution is -2.35. The number of nitrogens with zero attached hydrogens (tertiary/aromatic N) is 4. The SMILES string of the molecule is Cc1cc(=O)[nH]c2ccc(NC(=O)c3cc(CN4CCOCC4)cnc3N3CCCC3c3ncc[nH]3)cc12. The molecule has 38 heavy (non-hydrogen) atoms.